The lowest BCUT2D eigenvalue weighted by Crippen LogP contribution is -2.39. The number of likely N-dealkylation sites (tertiary alicyclic amines) is 1. The Balaban J connectivity index is 1.56. The summed E-state index contributed by atoms with van der Waals surface area (Å²) in [5, 5.41) is 3.77. The number of amides is 1. The van der Waals surface area contributed by atoms with Crippen LogP contribution in [0.5, 0.6) is 0 Å². The third-order valence-electron chi connectivity index (χ3n) is 5.06. The Morgan fingerprint density at radius 2 is 2.23 bits per heavy atom. The maximum atomic E-state index is 13.9. The number of fused-ring (bicyclic) bond motifs is 1. The Morgan fingerprint density at radius 1 is 1.35 bits per heavy atom. The average Bonchev–Trinajstić information content (AvgIpc) is 3.13. The molecule has 0 spiro atoms. The third-order valence-corrected chi connectivity index (χ3v) is 5.06. The molecule has 3 aromatic rings. The van der Waals surface area contributed by atoms with Gasteiger partial charge in [0.1, 0.15) is 17.3 Å². The van der Waals surface area contributed by atoms with Crippen molar-refractivity contribution < 1.29 is 9.18 Å². The zero-order valence-corrected chi connectivity index (χ0v) is 14.6. The summed E-state index contributed by atoms with van der Waals surface area (Å²) in [7, 11) is 1.85. The second-order valence-corrected chi connectivity index (χ2v) is 6.70. The van der Waals surface area contributed by atoms with E-state index in [1.165, 1.54) is 11.6 Å². The Morgan fingerprint density at radius 3 is 3.04 bits per heavy atom. The first-order valence-corrected chi connectivity index (χ1v) is 8.86. The van der Waals surface area contributed by atoms with Gasteiger partial charge in [-0.2, -0.15) is 0 Å². The fourth-order valence-electron chi connectivity index (χ4n) is 3.68. The molecule has 6 heteroatoms. The molecule has 0 saturated carbocycles. The van der Waals surface area contributed by atoms with Crippen molar-refractivity contribution in [3.05, 3.63) is 59.7 Å². The number of aromatic amines is 1. The predicted octanol–water partition coefficient (Wildman–Crippen LogP) is 3.76. The van der Waals surface area contributed by atoms with Gasteiger partial charge < -0.3 is 15.2 Å². The minimum Gasteiger partial charge on any atom is -0.373 e. The zero-order valence-electron chi connectivity index (χ0n) is 14.6. The van der Waals surface area contributed by atoms with Gasteiger partial charge in [0.05, 0.1) is 5.52 Å². The normalized spacial score (nSPS) is 17.5. The van der Waals surface area contributed by atoms with Crippen LogP contribution in [-0.2, 0) is 0 Å². The number of carbonyl (C=O) groups is 1. The van der Waals surface area contributed by atoms with Crippen LogP contribution >= 0.6 is 0 Å². The molecule has 0 bridgehead atoms. The molecule has 1 aliphatic heterocycles. The summed E-state index contributed by atoms with van der Waals surface area (Å²) in [5.41, 5.74) is 2.01. The molecule has 134 valence electrons. The monoisotopic (exact) mass is 352 g/mol. The summed E-state index contributed by atoms with van der Waals surface area (Å²) in [6.07, 6.45) is 3.78. The number of rotatable bonds is 3. The molecule has 0 unspecified atom stereocenters. The summed E-state index contributed by atoms with van der Waals surface area (Å²) >= 11 is 0. The van der Waals surface area contributed by atoms with Crippen LogP contribution in [0.25, 0.3) is 10.9 Å². The van der Waals surface area contributed by atoms with Crippen LogP contribution in [0.1, 0.15) is 34.8 Å². The highest BCUT2D eigenvalue weighted by molar-refractivity contribution is 5.98. The van der Waals surface area contributed by atoms with Gasteiger partial charge in [-0.05, 0) is 42.7 Å². The van der Waals surface area contributed by atoms with Gasteiger partial charge in [-0.1, -0.05) is 12.1 Å². The molecule has 2 aromatic heterocycles. The van der Waals surface area contributed by atoms with Crippen LogP contribution < -0.4 is 5.32 Å². The molecule has 1 fully saturated rings. The first kappa shape index (κ1) is 16.6. The van der Waals surface area contributed by atoms with Gasteiger partial charge in [-0.15, -0.1) is 0 Å². The lowest BCUT2D eigenvalue weighted by atomic mass is 9.91. The number of hydrogen-bond donors (Lipinski definition) is 2. The molecular formula is C20H21FN4O. The maximum absolute atomic E-state index is 13.9. The fourth-order valence-corrected chi connectivity index (χ4v) is 3.68. The predicted molar refractivity (Wildman–Crippen MR) is 99.9 cm³/mol. The quantitative estimate of drug-likeness (QED) is 0.754. The molecule has 3 heterocycles. The van der Waals surface area contributed by atoms with Crippen molar-refractivity contribution in [3.63, 3.8) is 0 Å². The number of para-hydroxylation sites is 1. The molecule has 1 amide bonds. The van der Waals surface area contributed by atoms with E-state index in [0.717, 1.165) is 30.6 Å². The van der Waals surface area contributed by atoms with Crippen molar-refractivity contribution in [2.45, 2.75) is 18.8 Å². The molecule has 1 aromatic carbocycles. The molecular weight excluding hydrogens is 331 g/mol. The van der Waals surface area contributed by atoms with Crippen molar-refractivity contribution in [2.24, 2.45) is 0 Å². The highest BCUT2D eigenvalue weighted by Gasteiger charge is 2.26. The van der Waals surface area contributed by atoms with Gasteiger partial charge in [0.15, 0.2) is 0 Å². The summed E-state index contributed by atoms with van der Waals surface area (Å²) in [5.74, 6) is 0.698. The van der Waals surface area contributed by atoms with E-state index < -0.39 is 0 Å². The van der Waals surface area contributed by atoms with Gasteiger partial charge in [-0.3, -0.25) is 4.79 Å². The Labute approximate surface area is 151 Å². The highest BCUT2D eigenvalue weighted by Crippen LogP contribution is 2.29. The summed E-state index contributed by atoms with van der Waals surface area (Å²) in [4.78, 5) is 22.0. The zero-order chi connectivity index (χ0) is 18.1. The second-order valence-electron chi connectivity index (χ2n) is 6.70. The Kier molecular flexibility index (Phi) is 4.32. The second kappa shape index (κ2) is 6.78. The Bertz CT molecular complexity index is 952. The van der Waals surface area contributed by atoms with Crippen LogP contribution in [-0.4, -0.2) is 40.9 Å². The third kappa shape index (κ3) is 3.03. The van der Waals surface area contributed by atoms with E-state index in [0.29, 0.717) is 17.8 Å². The van der Waals surface area contributed by atoms with Gasteiger partial charge in [0, 0.05) is 37.6 Å². The molecule has 5 nitrogen and oxygen atoms in total. The van der Waals surface area contributed by atoms with Crippen molar-refractivity contribution in [2.75, 3.05) is 25.5 Å². The van der Waals surface area contributed by atoms with E-state index in [9.17, 15) is 9.18 Å². The number of carbonyl (C=O) groups excluding carboxylic acids is 1. The van der Waals surface area contributed by atoms with Crippen molar-refractivity contribution in [3.8, 4) is 0 Å². The number of nitrogens with zero attached hydrogens (tertiary/aromatic N) is 2. The molecule has 4 rings (SSSR count). The Hall–Kier alpha value is -2.89. The van der Waals surface area contributed by atoms with E-state index in [-0.39, 0.29) is 17.6 Å². The standard InChI is InChI=1S/C20H21FN4O/c1-22-18-11-13(7-8-23-18)15-5-3-9-25(12-15)20(26)17-10-14-4-2-6-16(21)19(14)24-17/h2,4,6-8,10-11,15,24H,3,5,9,12H2,1H3,(H,22,23)/t15-/m1/s1. The molecule has 1 saturated heterocycles. The van der Waals surface area contributed by atoms with E-state index in [1.54, 1.807) is 24.4 Å². The average molecular weight is 352 g/mol. The number of nitrogens with one attached hydrogen (secondary N) is 2. The van der Waals surface area contributed by atoms with Gasteiger partial charge in [-0.25, -0.2) is 9.37 Å². The van der Waals surface area contributed by atoms with Gasteiger partial charge in [0.25, 0.3) is 5.91 Å². The van der Waals surface area contributed by atoms with Crippen LogP contribution in [0.2, 0.25) is 0 Å². The number of H-pyrrole nitrogens is 1. The molecule has 26 heavy (non-hydrogen) atoms. The minimum atomic E-state index is -0.338. The first-order valence-electron chi connectivity index (χ1n) is 8.86. The van der Waals surface area contributed by atoms with Crippen LogP contribution in [0, 0.1) is 5.82 Å². The van der Waals surface area contributed by atoms with Crippen molar-refractivity contribution >= 4 is 22.6 Å². The van der Waals surface area contributed by atoms with Crippen LogP contribution in [0.15, 0.2) is 42.6 Å². The molecule has 0 radical (unpaired) electrons. The highest BCUT2D eigenvalue weighted by atomic mass is 19.1. The summed E-state index contributed by atoms with van der Waals surface area (Å²) in [6, 6.07) is 10.6. The number of hydrogen-bond acceptors (Lipinski definition) is 3. The minimum absolute atomic E-state index is 0.0757. The molecule has 1 aliphatic rings. The number of anilines is 1. The number of pyridine rings is 1. The number of piperidine rings is 1. The number of benzene rings is 1. The smallest absolute Gasteiger partial charge is 0.270 e. The molecule has 0 aliphatic carbocycles. The fraction of sp³-hybridized carbons (Fsp3) is 0.300. The van der Waals surface area contributed by atoms with Crippen molar-refractivity contribution in [1.82, 2.24) is 14.9 Å². The van der Waals surface area contributed by atoms with E-state index >= 15 is 0 Å². The van der Waals surface area contributed by atoms with Crippen molar-refractivity contribution in [1.29, 1.82) is 0 Å². The van der Waals surface area contributed by atoms with Gasteiger partial charge in [0.2, 0.25) is 0 Å². The van der Waals surface area contributed by atoms with Gasteiger partial charge >= 0.3 is 0 Å². The molecule has 2 N–H and O–H groups in total. The van der Waals surface area contributed by atoms with Crippen LogP contribution in [0.4, 0.5) is 10.2 Å². The van der Waals surface area contributed by atoms with E-state index in [1.807, 2.05) is 24.1 Å². The first-order chi connectivity index (χ1) is 12.7. The number of halogens is 1. The number of aromatic nitrogens is 2. The lowest BCUT2D eigenvalue weighted by molar-refractivity contribution is 0.0702. The van der Waals surface area contributed by atoms with E-state index in [4.69, 9.17) is 0 Å². The maximum Gasteiger partial charge on any atom is 0.270 e. The van der Waals surface area contributed by atoms with Crippen LogP contribution in [0.3, 0.4) is 0 Å². The summed E-state index contributed by atoms with van der Waals surface area (Å²) in [6.45, 7) is 1.38. The lowest BCUT2D eigenvalue weighted by Gasteiger charge is -2.33. The largest absolute Gasteiger partial charge is 0.373 e. The SMILES string of the molecule is CNc1cc([C@@H]2CCCN(C(=O)c3cc4cccc(F)c4[nH]3)C2)ccn1. The molecule has 1 atom stereocenters. The summed E-state index contributed by atoms with van der Waals surface area (Å²) < 4.78 is 13.9. The van der Waals surface area contributed by atoms with E-state index in [2.05, 4.69) is 15.3 Å². The topological polar surface area (TPSA) is 61.0 Å².